The fourth-order valence-corrected chi connectivity index (χ4v) is 0.466. The lowest BCUT2D eigenvalue weighted by atomic mass is 10.8. The summed E-state index contributed by atoms with van der Waals surface area (Å²) in [4.78, 5) is 0. The van der Waals surface area contributed by atoms with Gasteiger partial charge in [-0.3, -0.25) is 10.6 Å². The van der Waals surface area contributed by atoms with Crippen molar-refractivity contribution in [2.75, 3.05) is 40.8 Å². The van der Waals surface area contributed by atoms with Gasteiger partial charge in [-0.25, -0.2) is 0 Å². The maximum Gasteiger partial charge on any atom is 0.0963 e. The third kappa shape index (κ3) is 7.84. The van der Waals surface area contributed by atoms with Crippen molar-refractivity contribution in [2.24, 2.45) is 0 Å². The second kappa shape index (κ2) is 8.84. The fraction of sp³-hybridized carbons (Fsp3) is 1.00. The van der Waals surface area contributed by atoms with Crippen LogP contribution in [0.1, 0.15) is 0 Å². The van der Waals surface area contributed by atoms with Crippen LogP contribution in [0.15, 0.2) is 0 Å². The zero-order valence-electron chi connectivity index (χ0n) is 6.64. The third-order valence-electron chi connectivity index (χ3n) is 0.865. The van der Waals surface area contributed by atoms with Crippen molar-refractivity contribution in [3.63, 3.8) is 0 Å². The Labute approximate surface area is 61.9 Å². The number of nitrogens with one attached hydrogen (secondary N) is 2. The molecule has 0 unspecified atom stereocenters. The second-order valence-electron chi connectivity index (χ2n) is 1.81. The molecule has 4 nitrogen and oxygen atoms in total. The third-order valence-corrected chi connectivity index (χ3v) is 0.865. The van der Waals surface area contributed by atoms with Gasteiger partial charge in [0.05, 0.1) is 26.7 Å². The molecule has 0 bridgehead atoms. The number of hydrogen-bond donors (Lipinski definition) is 2. The maximum absolute atomic E-state index is 5.07. The van der Waals surface area contributed by atoms with Crippen molar-refractivity contribution in [1.29, 1.82) is 0 Å². The zero-order chi connectivity index (χ0) is 7.66. The molecule has 0 aromatic rings. The van der Waals surface area contributed by atoms with Gasteiger partial charge in [0.2, 0.25) is 0 Å². The van der Waals surface area contributed by atoms with E-state index >= 15 is 0 Å². The van der Waals surface area contributed by atoms with E-state index in [-0.39, 0.29) is 0 Å². The molecule has 0 rings (SSSR count). The Hall–Kier alpha value is -0.160. The van der Waals surface area contributed by atoms with Crippen molar-refractivity contribution < 1.29 is 9.47 Å². The number of rotatable bonds is 7. The van der Waals surface area contributed by atoms with Crippen LogP contribution in [-0.2, 0) is 9.47 Å². The lowest BCUT2D eigenvalue weighted by molar-refractivity contribution is 0.0378. The van der Waals surface area contributed by atoms with E-state index in [1.807, 2.05) is 14.1 Å². The van der Waals surface area contributed by atoms with Gasteiger partial charge in [0.15, 0.2) is 0 Å². The molecule has 2 N–H and O–H groups in total. The Morgan fingerprint density at radius 3 is 1.60 bits per heavy atom. The van der Waals surface area contributed by atoms with Crippen molar-refractivity contribution in [1.82, 2.24) is 10.6 Å². The Balaban J connectivity index is 2.65. The lowest BCUT2D eigenvalue weighted by Crippen LogP contribution is -2.17. The number of hydrogen-bond acceptors (Lipinski definition) is 4. The van der Waals surface area contributed by atoms with Crippen LogP contribution in [0.25, 0.3) is 0 Å². The van der Waals surface area contributed by atoms with Crippen molar-refractivity contribution in [2.45, 2.75) is 0 Å². The molecule has 0 aromatic carbocycles. The molecular weight excluding hydrogens is 132 g/mol. The Kier molecular flexibility index (Phi) is 8.70. The van der Waals surface area contributed by atoms with Crippen LogP contribution in [0.3, 0.4) is 0 Å². The first-order valence-electron chi connectivity index (χ1n) is 3.36. The molecule has 0 fully saturated rings. The van der Waals surface area contributed by atoms with Crippen LogP contribution in [0.5, 0.6) is 0 Å². The first kappa shape index (κ1) is 9.84. The molecule has 0 aliphatic heterocycles. The van der Waals surface area contributed by atoms with Crippen molar-refractivity contribution in [3.05, 3.63) is 0 Å². The second-order valence-corrected chi connectivity index (χ2v) is 1.81. The molecule has 0 aliphatic carbocycles. The minimum atomic E-state index is 0.586. The Morgan fingerprint density at radius 1 is 0.900 bits per heavy atom. The molecule has 10 heavy (non-hydrogen) atoms. The largest absolute Gasteiger partial charge is 0.364 e. The molecular formula is C6H16N2O2. The molecule has 0 aliphatic rings. The Morgan fingerprint density at radius 2 is 1.30 bits per heavy atom. The van der Waals surface area contributed by atoms with E-state index in [2.05, 4.69) is 10.6 Å². The van der Waals surface area contributed by atoms with Crippen molar-refractivity contribution >= 4 is 0 Å². The normalized spacial score (nSPS) is 10.2. The van der Waals surface area contributed by atoms with E-state index in [4.69, 9.17) is 9.47 Å². The molecule has 0 spiro atoms. The highest BCUT2D eigenvalue weighted by atomic mass is 16.5. The van der Waals surface area contributed by atoms with E-state index in [0.29, 0.717) is 26.7 Å². The fourth-order valence-electron chi connectivity index (χ4n) is 0.466. The SMILES string of the molecule is CNCOCCOCNC. The summed E-state index contributed by atoms with van der Waals surface area (Å²) in [5.74, 6) is 0. The first-order chi connectivity index (χ1) is 4.91. The van der Waals surface area contributed by atoms with Crippen LogP contribution in [-0.4, -0.2) is 40.8 Å². The highest BCUT2D eigenvalue weighted by Gasteiger charge is 1.84. The van der Waals surface area contributed by atoms with E-state index in [1.54, 1.807) is 0 Å². The van der Waals surface area contributed by atoms with Gasteiger partial charge in [-0.15, -0.1) is 0 Å². The molecule has 0 atom stereocenters. The summed E-state index contributed by atoms with van der Waals surface area (Å²) in [6.45, 7) is 2.46. The average Bonchev–Trinajstić information content (AvgIpc) is 1.97. The van der Waals surface area contributed by atoms with Gasteiger partial charge in [0.1, 0.15) is 0 Å². The molecule has 0 amide bonds. The average molecular weight is 148 g/mol. The van der Waals surface area contributed by atoms with Crippen LogP contribution in [0.2, 0.25) is 0 Å². The standard InChI is InChI=1S/C6H16N2O2/c1-7-5-9-3-4-10-6-8-2/h7-8H,3-6H2,1-2H3. The molecule has 4 heteroatoms. The van der Waals surface area contributed by atoms with Crippen molar-refractivity contribution in [3.8, 4) is 0 Å². The van der Waals surface area contributed by atoms with Crippen LogP contribution >= 0.6 is 0 Å². The molecule has 0 saturated carbocycles. The summed E-state index contributed by atoms with van der Waals surface area (Å²) in [7, 11) is 3.68. The zero-order valence-corrected chi connectivity index (χ0v) is 6.64. The molecule has 0 heterocycles. The van der Waals surface area contributed by atoms with E-state index in [1.165, 1.54) is 0 Å². The minimum absolute atomic E-state index is 0.586. The van der Waals surface area contributed by atoms with Crippen LogP contribution < -0.4 is 10.6 Å². The lowest BCUT2D eigenvalue weighted by Gasteiger charge is -2.03. The van der Waals surface area contributed by atoms with Gasteiger partial charge in [0, 0.05) is 0 Å². The van der Waals surface area contributed by atoms with Gasteiger partial charge >= 0.3 is 0 Å². The summed E-state index contributed by atoms with van der Waals surface area (Å²) in [6, 6.07) is 0. The smallest absolute Gasteiger partial charge is 0.0963 e. The predicted molar refractivity (Wildman–Crippen MR) is 39.8 cm³/mol. The molecule has 0 radical (unpaired) electrons. The molecule has 62 valence electrons. The van der Waals surface area contributed by atoms with Gasteiger partial charge in [-0.05, 0) is 14.1 Å². The summed E-state index contributed by atoms with van der Waals surface area (Å²) in [5, 5.41) is 5.73. The Bertz CT molecular complexity index is 53.7. The predicted octanol–water partition coefficient (Wildman–Crippen LogP) is -0.627. The van der Waals surface area contributed by atoms with Gasteiger partial charge < -0.3 is 9.47 Å². The topological polar surface area (TPSA) is 42.5 Å². The van der Waals surface area contributed by atoms with Gasteiger partial charge in [-0.1, -0.05) is 0 Å². The molecule has 0 aromatic heterocycles. The summed E-state index contributed by atoms with van der Waals surface area (Å²) in [6.07, 6.45) is 0. The summed E-state index contributed by atoms with van der Waals surface area (Å²) >= 11 is 0. The quantitative estimate of drug-likeness (QED) is 0.373. The highest BCUT2D eigenvalue weighted by Crippen LogP contribution is 1.73. The van der Waals surface area contributed by atoms with E-state index in [0.717, 1.165) is 0 Å². The van der Waals surface area contributed by atoms with Gasteiger partial charge in [0.25, 0.3) is 0 Å². The van der Waals surface area contributed by atoms with E-state index in [9.17, 15) is 0 Å². The maximum atomic E-state index is 5.07. The minimum Gasteiger partial charge on any atom is -0.364 e. The van der Waals surface area contributed by atoms with E-state index < -0.39 is 0 Å². The summed E-state index contributed by atoms with van der Waals surface area (Å²) < 4.78 is 10.1. The highest BCUT2D eigenvalue weighted by molar-refractivity contribution is 4.27. The number of ether oxygens (including phenoxy) is 2. The molecule has 0 saturated heterocycles. The first-order valence-corrected chi connectivity index (χ1v) is 3.36. The summed E-state index contributed by atoms with van der Waals surface area (Å²) in [5.41, 5.74) is 0. The van der Waals surface area contributed by atoms with Crippen LogP contribution in [0.4, 0.5) is 0 Å². The monoisotopic (exact) mass is 148 g/mol. The van der Waals surface area contributed by atoms with Crippen LogP contribution in [0, 0.1) is 0 Å². The van der Waals surface area contributed by atoms with Gasteiger partial charge in [-0.2, -0.15) is 0 Å².